The summed E-state index contributed by atoms with van der Waals surface area (Å²) in [4.78, 5) is 39.4. The molecule has 3 amide bonds. The number of para-hydroxylation sites is 2. The van der Waals surface area contributed by atoms with Crippen molar-refractivity contribution in [3.63, 3.8) is 0 Å². The number of benzene rings is 2. The molecule has 1 fully saturated rings. The Labute approximate surface area is 197 Å². The quantitative estimate of drug-likeness (QED) is 0.520. The molecule has 4 rings (SSSR count). The van der Waals surface area contributed by atoms with E-state index in [0.29, 0.717) is 10.6 Å². The number of aromatic nitrogens is 1. The van der Waals surface area contributed by atoms with Crippen LogP contribution in [-0.4, -0.2) is 33.1 Å². The average Bonchev–Trinajstić information content (AvgIpc) is 3.20. The fourth-order valence-corrected chi connectivity index (χ4v) is 4.85. The second kappa shape index (κ2) is 9.11. The zero-order chi connectivity index (χ0) is 23.7. The van der Waals surface area contributed by atoms with E-state index < -0.39 is 17.1 Å². The SMILES string of the molecule is Cc1cccc(C)c1NC(=O)CN1C(=O)S/C(=C/c2cc(C)n(-c3ccccc3)c2C)C1=O. The van der Waals surface area contributed by atoms with E-state index >= 15 is 0 Å². The molecule has 1 aromatic heterocycles. The van der Waals surface area contributed by atoms with Crippen LogP contribution in [0.1, 0.15) is 28.1 Å². The molecule has 1 N–H and O–H groups in total. The van der Waals surface area contributed by atoms with Gasteiger partial charge in [-0.1, -0.05) is 36.4 Å². The van der Waals surface area contributed by atoms with Crippen molar-refractivity contribution in [2.45, 2.75) is 27.7 Å². The lowest BCUT2D eigenvalue weighted by atomic mass is 10.1. The zero-order valence-corrected chi connectivity index (χ0v) is 19.8. The molecule has 0 atom stereocenters. The van der Waals surface area contributed by atoms with E-state index in [0.717, 1.165) is 50.4 Å². The van der Waals surface area contributed by atoms with E-state index in [1.54, 1.807) is 6.08 Å². The lowest BCUT2D eigenvalue weighted by molar-refractivity contribution is -0.127. The van der Waals surface area contributed by atoms with Crippen LogP contribution in [0.2, 0.25) is 0 Å². The average molecular weight is 460 g/mol. The minimum absolute atomic E-state index is 0.313. The smallest absolute Gasteiger partial charge is 0.294 e. The van der Waals surface area contributed by atoms with E-state index in [9.17, 15) is 14.4 Å². The van der Waals surface area contributed by atoms with Crippen LogP contribution < -0.4 is 5.32 Å². The predicted molar refractivity (Wildman–Crippen MR) is 132 cm³/mol. The molecule has 33 heavy (non-hydrogen) atoms. The lowest BCUT2D eigenvalue weighted by Gasteiger charge is -2.15. The lowest BCUT2D eigenvalue weighted by Crippen LogP contribution is -2.36. The summed E-state index contributed by atoms with van der Waals surface area (Å²) in [6.45, 7) is 7.46. The van der Waals surface area contributed by atoms with Crippen molar-refractivity contribution in [1.82, 2.24) is 9.47 Å². The molecule has 0 aliphatic carbocycles. The molecule has 7 heteroatoms. The van der Waals surface area contributed by atoms with Gasteiger partial charge in [0.2, 0.25) is 5.91 Å². The summed E-state index contributed by atoms with van der Waals surface area (Å²) in [5.74, 6) is -0.857. The van der Waals surface area contributed by atoms with Crippen LogP contribution in [0.5, 0.6) is 0 Å². The third-order valence-electron chi connectivity index (χ3n) is 5.69. The molecule has 3 aromatic rings. The van der Waals surface area contributed by atoms with Gasteiger partial charge in [-0.15, -0.1) is 0 Å². The van der Waals surface area contributed by atoms with E-state index in [4.69, 9.17) is 0 Å². The molecule has 0 saturated carbocycles. The zero-order valence-electron chi connectivity index (χ0n) is 19.0. The second-order valence-electron chi connectivity index (χ2n) is 8.08. The normalized spacial score (nSPS) is 14.9. The molecule has 2 heterocycles. The van der Waals surface area contributed by atoms with Gasteiger partial charge in [0.25, 0.3) is 11.1 Å². The van der Waals surface area contributed by atoms with Crippen molar-refractivity contribution in [1.29, 1.82) is 0 Å². The minimum atomic E-state index is -0.453. The first kappa shape index (κ1) is 22.6. The molecule has 0 bridgehead atoms. The third kappa shape index (κ3) is 4.50. The molecular weight excluding hydrogens is 434 g/mol. The Hall–Kier alpha value is -3.58. The summed E-state index contributed by atoms with van der Waals surface area (Å²) in [6, 6.07) is 17.7. The maximum Gasteiger partial charge on any atom is 0.294 e. The van der Waals surface area contributed by atoms with Gasteiger partial charge in [-0.2, -0.15) is 0 Å². The Balaban J connectivity index is 1.54. The fraction of sp³-hybridized carbons (Fsp3) is 0.192. The number of thioether (sulfide) groups is 1. The number of amides is 3. The number of carbonyl (C=O) groups is 3. The number of imide groups is 1. The number of hydrogen-bond donors (Lipinski definition) is 1. The van der Waals surface area contributed by atoms with Gasteiger partial charge in [-0.05, 0) is 80.4 Å². The number of rotatable bonds is 5. The summed E-state index contributed by atoms with van der Waals surface area (Å²) in [7, 11) is 0. The number of aryl methyl sites for hydroxylation is 3. The summed E-state index contributed by atoms with van der Waals surface area (Å²) >= 11 is 0.860. The highest BCUT2D eigenvalue weighted by molar-refractivity contribution is 8.18. The first-order valence-electron chi connectivity index (χ1n) is 10.6. The van der Waals surface area contributed by atoms with Crippen molar-refractivity contribution < 1.29 is 14.4 Å². The number of hydrogen-bond acceptors (Lipinski definition) is 4. The number of nitrogens with one attached hydrogen (secondary N) is 1. The van der Waals surface area contributed by atoms with Crippen molar-refractivity contribution in [3.05, 3.63) is 87.6 Å². The van der Waals surface area contributed by atoms with Gasteiger partial charge in [0.1, 0.15) is 6.54 Å². The Morgan fingerprint density at radius 2 is 1.64 bits per heavy atom. The maximum absolute atomic E-state index is 12.9. The minimum Gasteiger partial charge on any atom is -0.324 e. The number of nitrogens with zero attached hydrogens (tertiary/aromatic N) is 2. The van der Waals surface area contributed by atoms with Crippen molar-refractivity contribution in [2.75, 3.05) is 11.9 Å². The summed E-state index contributed by atoms with van der Waals surface area (Å²) in [5, 5.41) is 2.39. The molecule has 0 unspecified atom stereocenters. The van der Waals surface area contributed by atoms with E-state index in [1.165, 1.54) is 0 Å². The molecule has 1 aliphatic rings. The largest absolute Gasteiger partial charge is 0.324 e. The summed E-state index contributed by atoms with van der Waals surface area (Å²) in [5.41, 5.74) is 6.44. The van der Waals surface area contributed by atoms with Gasteiger partial charge >= 0.3 is 0 Å². The van der Waals surface area contributed by atoms with Crippen molar-refractivity contribution in [3.8, 4) is 5.69 Å². The topological polar surface area (TPSA) is 71.4 Å². The maximum atomic E-state index is 12.9. The standard InChI is InChI=1S/C26H25N3O3S/c1-16-9-8-10-17(2)24(16)27-23(30)15-28-25(31)22(33-26(28)32)14-20-13-18(3)29(19(20)4)21-11-6-5-7-12-21/h5-14H,15H2,1-4H3,(H,27,30)/b22-14+. The van der Waals surface area contributed by atoms with Crippen LogP contribution in [-0.2, 0) is 9.59 Å². The number of carbonyl (C=O) groups excluding carboxylic acids is 3. The molecule has 6 nitrogen and oxygen atoms in total. The second-order valence-corrected chi connectivity index (χ2v) is 9.07. The first-order valence-corrected chi connectivity index (χ1v) is 11.4. The Morgan fingerprint density at radius 1 is 0.970 bits per heavy atom. The molecular formula is C26H25N3O3S. The van der Waals surface area contributed by atoms with Gasteiger partial charge < -0.3 is 9.88 Å². The van der Waals surface area contributed by atoms with Crippen LogP contribution in [0.15, 0.2) is 59.5 Å². The van der Waals surface area contributed by atoms with Gasteiger partial charge in [-0.3, -0.25) is 19.3 Å². The van der Waals surface area contributed by atoms with E-state index in [2.05, 4.69) is 9.88 Å². The van der Waals surface area contributed by atoms with Crippen LogP contribution >= 0.6 is 11.8 Å². The van der Waals surface area contributed by atoms with E-state index in [1.807, 2.05) is 82.3 Å². The highest BCUT2D eigenvalue weighted by Crippen LogP contribution is 2.34. The molecule has 1 aliphatic heterocycles. The molecule has 1 saturated heterocycles. The van der Waals surface area contributed by atoms with Gasteiger partial charge in [-0.25, -0.2) is 0 Å². The van der Waals surface area contributed by atoms with E-state index in [-0.39, 0.29) is 6.54 Å². The summed E-state index contributed by atoms with van der Waals surface area (Å²) < 4.78 is 2.11. The first-order chi connectivity index (χ1) is 15.8. The fourth-order valence-electron chi connectivity index (χ4n) is 4.02. The van der Waals surface area contributed by atoms with Crippen LogP contribution in [0.3, 0.4) is 0 Å². The molecule has 2 aromatic carbocycles. The number of anilines is 1. The predicted octanol–water partition coefficient (Wildman–Crippen LogP) is 5.39. The third-order valence-corrected chi connectivity index (χ3v) is 6.60. The van der Waals surface area contributed by atoms with Crippen LogP contribution in [0.4, 0.5) is 10.5 Å². The molecule has 168 valence electrons. The molecule has 0 spiro atoms. The Morgan fingerprint density at radius 3 is 2.30 bits per heavy atom. The van der Waals surface area contributed by atoms with Crippen molar-refractivity contribution >= 4 is 40.6 Å². The highest BCUT2D eigenvalue weighted by Gasteiger charge is 2.36. The monoisotopic (exact) mass is 459 g/mol. The van der Waals surface area contributed by atoms with Crippen LogP contribution in [0, 0.1) is 27.7 Å². The van der Waals surface area contributed by atoms with Gasteiger partial charge in [0.05, 0.1) is 4.91 Å². The highest BCUT2D eigenvalue weighted by atomic mass is 32.2. The Bertz CT molecular complexity index is 1270. The molecule has 0 radical (unpaired) electrons. The van der Waals surface area contributed by atoms with Crippen LogP contribution in [0.25, 0.3) is 11.8 Å². The summed E-state index contributed by atoms with van der Waals surface area (Å²) in [6.07, 6.45) is 1.73. The van der Waals surface area contributed by atoms with Crippen molar-refractivity contribution in [2.24, 2.45) is 0 Å². The van der Waals surface area contributed by atoms with Gasteiger partial charge in [0.15, 0.2) is 0 Å². The Kier molecular flexibility index (Phi) is 6.24. The van der Waals surface area contributed by atoms with Gasteiger partial charge in [0, 0.05) is 22.8 Å².